The van der Waals surface area contributed by atoms with Crippen LogP contribution < -0.4 is 5.32 Å². The first-order chi connectivity index (χ1) is 12.0. The summed E-state index contributed by atoms with van der Waals surface area (Å²) in [5.74, 6) is -0.230. The van der Waals surface area contributed by atoms with E-state index in [2.05, 4.69) is 5.32 Å². The van der Waals surface area contributed by atoms with Crippen LogP contribution in [0.3, 0.4) is 0 Å². The molecule has 1 heterocycles. The van der Waals surface area contributed by atoms with E-state index in [9.17, 15) is 9.59 Å². The molecule has 0 unspecified atom stereocenters. The summed E-state index contributed by atoms with van der Waals surface area (Å²) in [6.07, 6.45) is 0.144. The number of carbonyl (C=O) groups excluding carboxylic acids is 2. The van der Waals surface area contributed by atoms with Crippen LogP contribution in [-0.2, 0) is 25.6 Å². The molecule has 1 fully saturated rings. The zero-order valence-corrected chi connectivity index (χ0v) is 15.0. The van der Waals surface area contributed by atoms with Gasteiger partial charge < -0.3 is 24.4 Å². The molecule has 25 heavy (non-hydrogen) atoms. The molecular weight excluding hydrogens is 324 g/mol. The van der Waals surface area contributed by atoms with E-state index in [1.165, 1.54) is 0 Å². The lowest BCUT2D eigenvalue weighted by molar-refractivity contribution is -0.150. The molecule has 1 atom stereocenters. The molecule has 1 aliphatic heterocycles. The van der Waals surface area contributed by atoms with E-state index in [1.807, 2.05) is 18.2 Å². The van der Waals surface area contributed by atoms with Gasteiger partial charge >= 0.3 is 0 Å². The number of rotatable bonds is 7. The highest BCUT2D eigenvalue weighted by Gasteiger charge is 2.40. The average molecular weight is 350 g/mol. The number of benzene rings is 1. The molecule has 7 nitrogen and oxygen atoms in total. The number of nitrogens with zero attached hydrogens (tertiary/aromatic N) is 1. The van der Waals surface area contributed by atoms with Gasteiger partial charge in [-0.2, -0.15) is 0 Å². The standard InChI is InChI=1S/C18H26N2O5/c1-19-16(21)10-18(13-24-3)12-20(7-8-25-18)17(22)15-6-4-5-14(9-15)11-23-2/h4-6,9H,7-8,10-13H2,1-3H3,(H,19,21)/t18-/m1/s1. The summed E-state index contributed by atoms with van der Waals surface area (Å²) in [4.78, 5) is 26.5. The first-order valence-electron chi connectivity index (χ1n) is 8.24. The minimum absolute atomic E-state index is 0.0846. The van der Waals surface area contributed by atoms with Crippen LogP contribution >= 0.6 is 0 Å². The van der Waals surface area contributed by atoms with E-state index in [1.54, 1.807) is 32.2 Å². The van der Waals surface area contributed by atoms with Crippen molar-refractivity contribution in [1.29, 1.82) is 0 Å². The number of nitrogens with one attached hydrogen (secondary N) is 1. The van der Waals surface area contributed by atoms with Gasteiger partial charge in [-0.3, -0.25) is 9.59 Å². The van der Waals surface area contributed by atoms with E-state index in [0.717, 1.165) is 5.56 Å². The first kappa shape index (κ1) is 19.4. The van der Waals surface area contributed by atoms with Gasteiger partial charge in [-0.25, -0.2) is 0 Å². The zero-order valence-electron chi connectivity index (χ0n) is 15.0. The fourth-order valence-electron chi connectivity index (χ4n) is 3.05. The van der Waals surface area contributed by atoms with E-state index in [0.29, 0.717) is 31.9 Å². The summed E-state index contributed by atoms with van der Waals surface area (Å²) < 4.78 is 16.2. The highest BCUT2D eigenvalue weighted by molar-refractivity contribution is 5.94. The molecule has 0 aromatic heterocycles. The van der Waals surface area contributed by atoms with Crippen LogP contribution in [0.5, 0.6) is 0 Å². The summed E-state index contributed by atoms with van der Waals surface area (Å²) in [6.45, 7) is 1.85. The smallest absolute Gasteiger partial charge is 0.254 e. The van der Waals surface area contributed by atoms with Crippen LogP contribution in [0.1, 0.15) is 22.3 Å². The molecular formula is C18H26N2O5. The third-order valence-electron chi connectivity index (χ3n) is 4.19. The molecule has 2 rings (SSSR count). The molecule has 1 N–H and O–H groups in total. The maximum atomic E-state index is 12.9. The Balaban J connectivity index is 2.16. The van der Waals surface area contributed by atoms with Gasteiger partial charge in [-0.05, 0) is 17.7 Å². The maximum absolute atomic E-state index is 12.9. The van der Waals surface area contributed by atoms with Crippen molar-refractivity contribution < 1.29 is 23.8 Å². The summed E-state index contributed by atoms with van der Waals surface area (Å²) >= 11 is 0. The Hall–Kier alpha value is -1.96. The van der Waals surface area contributed by atoms with Crippen molar-refractivity contribution in [3.05, 3.63) is 35.4 Å². The highest BCUT2D eigenvalue weighted by Crippen LogP contribution is 2.24. The third kappa shape index (κ3) is 5.01. The Morgan fingerprint density at radius 3 is 2.80 bits per heavy atom. The average Bonchev–Trinajstić information content (AvgIpc) is 2.62. The van der Waals surface area contributed by atoms with Gasteiger partial charge in [0.25, 0.3) is 5.91 Å². The predicted molar refractivity (Wildman–Crippen MR) is 92.3 cm³/mol. The Kier molecular flexibility index (Phi) is 6.92. The molecule has 1 aromatic carbocycles. The van der Waals surface area contributed by atoms with Crippen molar-refractivity contribution in [3.63, 3.8) is 0 Å². The molecule has 1 aromatic rings. The summed E-state index contributed by atoms with van der Waals surface area (Å²) in [5, 5.41) is 2.60. The molecule has 2 amide bonds. The van der Waals surface area contributed by atoms with Crippen molar-refractivity contribution >= 4 is 11.8 Å². The maximum Gasteiger partial charge on any atom is 0.254 e. The van der Waals surface area contributed by atoms with Crippen LogP contribution in [0.2, 0.25) is 0 Å². The van der Waals surface area contributed by atoms with Crippen molar-refractivity contribution in [3.8, 4) is 0 Å². The molecule has 0 radical (unpaired) electrons. The van der Waals surface area contributed by atoms with Crippen LogP contribution in [0.25, 0.3) is 0 Å². The van der Waals surface area contributed by atoms with Crippen LogP contribution in [0.15, 0.2) is 24.3 Å². The Morgan fingerprint density at radius 1 is 1.32 bits per heavy atom. The van der Waals surface area contributed by atoms with E-state index in [4.69, 9.17) is 14.2 Å². The highest BCUT2D eigenvalue weighted by atomic mass is 16.5. The number of hydrogen-bond acceptors (Lipinski definition) is 5. The first-order valence-corrected chi connectivity index (χ1v) is 8.24. The van der Waals surface area contributed by atoms with Gasteiger partial charge in [-0.15, -0.1) is 0 Å². The van der Waals surface area contributed by atoms with Gasteiger partial charge in [0.05, 0.1) is 32.8 Å². The van der Waals surface area contributed by atoms with Gasteiger partial charge in [0.1, 0.15) is 5.60 Å². The normalized spacial score (nSPS) is 20.4. The predicted octanol–water partition coefficient (Wildman–Crippen LogP) is 0.827. The van der Waals surface area contributed by atoms with Crippen molar-refractivity contribution in [2.75, 3.05) is 47.6 Å². The second-order valence-electron chi connectivity index (χ2n) is 6.17. The van der Waals surface area contributed by atoms with Crippen molar-refractivity contribution in [2.45, 2.75) is 18.6 Å². The minimum Gasteiger partial charge on any atom is -0.382 e. The topological polar surface area (TPSA) is 77.1 Å². The molecule has 0 saturated carbocycles. The van der Waals surface area contributed by atoms with Gasteiger partial charge in [0.2, 0.25) is 5.91 Å². The van der Waals surface area contributed by atoms with Crippen LogP contribution in [-0.4, -0.2) is 69.9 Å². The lowest BCUT2D eigenvalue weighted by atomic mass is 9.96. The second kappa shape index (κ2) is 8.94. The minimum atomic E-state index is -0.826. The zero-order chi connectivity index (χ0) is 18.3. The van der Waals surface area contributed by atoms with E-state index >= 15 is 0 Å². The molecule has 138 valence electrons. The molecule has 0 spiro atoms. The number of morpholine rings is 1. The summed E-state index contributed by atoms with van der Waals surface area (Å²) in [6, 6.07) is 7.38. The number of carbonyl (C=O) groups is 2. The molecule has 1 saturated heterocycles. The van der Waals surface area contributed by atoms with E-state index < -0.39 is 5.60 Å². The number of ether oxygens (including phenoxy) is 3. The molecule has 0 bridgehead atoms. The number of methoxy groups -OCH3 is 2. The lowest BCUT2D eigenvalue weighted by Crippen LogP contribution is -2.57. The third-order valence-corrected chi connectivity index (χ3v) is 4.19. The van der Waals surface area contributed by atoms with Gasteiger partial charge in [0, 0.05) is 33.4 Å². The molecule has 0 aliphatic carbocycles. The summed E-state index contributed by atoms with van der Waals surface area (Å²) in [5.41, 5.74) is 0.713. The molecule has 7 heteroatoms. The summed E-state index contributed by atoms with van der Waals surface area (Å²) in [7, 11) is 4.76. The Labute approximate surface area is 148 Å². The SMILES string of the molecule is CNC(=O)C[C@]1(COC)CN(C(=O)c2cccc(COC)c2)CCO1. The van der Waals surface area contributed by atoms with Crippen LogP contribution in [0.4, 0.5) is 0 Å². The number of amides is 2. The largest absolute Gasteiger partial charge is 0.382 e. The lowest BCUT2D eigenvalue weighted by Gasteiger charge is -2.42. The van der Waals surface area contributed by atoms with Crippen LogP contribution in [0, 0.1) is 0 Å². The van der Waals surface area contributed by atoms with Crippen molar-refractivity contribution in [1.82, 2.24) is 10.2 Å². The molecule has 1 aliphatic rings. The Morgan fingerprint density at radius 2 is 2.12 bits per heavy atom. The monoisotopic (exact) mass is 350 g/mol. The van der Waals surface area contributed by atoms with E-state index in [-0.39, 0.29) is 24.8 Å². The fraction of sp³-hybridized carbons (Fsp3) is 0.556. The quantitative estimate of drug-likeness (QED) is 0.788. The Bertz CT molecular complexity index is 603. The number of hydrogen-bond donors (Lipinski definition) is 1. The fourth-order valence-corrected chi connectivity index (χ4v) is 3.05. The van der Waals surface area contributed by atoms with Crippen molar-refractivity contribution in [2.24, 2.45) is 0 Å². The van der Waals surface area contributed by atoms with Gasteiger partial charge in [0.15, 0.2) is 0 Å². The van der Waals surface area contributed by atoms with Gasteiger partial charge in [-0.1, -0.05) is 12.1 Å². The second-order valence-corrected chi connectivity index (χ2v) is 6.17.